The molecule has 0 spiro atoms. The van der Waals surface area contributed by atoms with Gasteiger partial charge in [-0.05, 0) is 58.1 Å². The van der Waals surface area contributed by atoms with E-state index in [9.17, 15) is 8.42 Å². The molecule has 2 aliphatic rings. The normalized spacial score (nSPS) is 28.7. The lowest BCUT2D eigenvalue weighted by Crippen LogP contribution is -2.29. The van der Waals surface area contributed by atoms with E-state index in [1.165, 1.54) is 16.7 Å². The van der Waals surface area contributed by atoms with Gasteiger partial charge >= 0.3 is 0 Å². The van der Waals surface area contributed by atoms with Gasteiger partial charge in [0.1, 0.15) is 0 Å². The van der Waals surface area contributed by atoms with E-state index >= 15 is 0 Å². The molecule has 0 bridgehead atoms. The van der Waals surface area contributed by atoms with E-state index in [4.69, 9.17) is 0 Å². The van der Waals surface area contributed by atoms with E-state index in [1.807, 2.05) is 19.1 Å². The maximum atomic E-state index is 12.9. The van der Waals surface area contributed by atoms with Crippen molar-refractivity contribution in [3.05, 3.63) is 52.6 Å². The van der Waals surface area contributed by atoms with Crippen LogP contribution in [0.5, 0.6) is 0 Å². The fourth-order valence-corrected chi connectivity index (χ4v) is 4.85. The molecule has 0 radical (unpaired) electrons. The molecular formula is C19H25NO2S. The quantitative estimate of drug-likeness (QED) is 0.766. The molecule has 1 fully saturated rings. The van der Waals surface area contributed by atoms with Crippen LogP contribution in [-0.4, -0.2) is 25.8 Å². The number of rotatable bonds is 2. The molecule has 1 unspecified atom stereocenters. The van der Waals surface area contributed by atoms with Crippen molar-refractivity contribution in [2.75, 3.05) is 13.1 Å². The Morgan fingerprint density at radius 1 is 1.04 bits per heavy atom. The van der Waals surface area contributed by atoms with Gasteiger partial charge in [0.2, 0.25) is 10.0 Å². The van der Waals surface area contributed by atoms with Crippen molar-refractivity contribution in [2.24, 2.45) is 5.92 Å². The highest BCUT2D eigenvalue weighted by molar-refractivity contribution is 7.89. The van der Waals surface area contributed by atoms with Crippen molar-refractivity contribution in [2.45, 2.75) is 44.9 Å². The van der Waals surface area contributed by atoms with Gasteiger partial charge in [-0.3, -0.25) is 0 Å². The Morgan fingerprint density at radius 3 is 2.43 bits per heavy atom. The molecule has 1 saturated heterocycles. The van der Waals surface area contributed by atoms with E-state index < -0.39 is 10.0 Å². The highest BCUT2D eigenvalue weighted by atomic mass is 32.2. The molecule has 0 aromatic heterocycles. The summed E-state index contributed by atoms with van der Waals surface area (Å²) >= 11 is 0. The first-order chi connectivity index (χ1) is 10.9. The summed E-state index contributed by atoms with van der Waals surface area (Å²) in [5.41, 5.74) is 5.26. The van der Waals surface area contributed by atoms with Crippen molar-refractivity contribution in [3.8, 4) is 0 Å². The van der Waals surface area contributed by atoms with Crippen molar-refractivity contribution in [3.63, 3.8) is 0 Å². The Kier molecular flexibility index (Phi) is 4.47. The highest BCUT2D eigenvalue weighted by Gasteiger charge is 2.35. The SMILES string of the molecule is C/C1=C(\C)CCC2CN(S(=O)(=O)c3ccc(C)cc3)C/C2=C/C1. The molecule has 3 rings (SSSR count). The predicted octanol–water partition coefficient (Wildman–Crippen LogP) is 4.06. The Hall–Kier alpha value is -1.39. The lowest BCUT2D eigenvalue weighted by molar-refractivity contribution is 0.448. The van der Waals surface area contributed by atoms with Gasteiger partial charge in [-0.1, -0.05) is 40.5 Å². The molecule has 4 heteroatoms. The Labute approximate surface area is 139 Å². The van der Waals surface area contributed by atoms with Gasteiger partial charge in [-0.25, -0.2) is 8.42 Å². The number of aryl methyl sites for hydroxylation is 1. The summed E-state index contributed by atoms with van der Waals surface area (Å²) in [6, 6.07) is 7.16. The number of nitrogens with zero attached hydrogens (tertiary/aromatic N) is 1. The van der Waals surface area contributed by atoms with Crippen molar-refractivity contribution >= 4 is 10.0 Å². The van der Waals surface area contributed by atoms with Crippen LogP contribution in [-0.2, 0) is 10.0 Å². The van der Waals surface area contributed by atoms with Crippen LogP contribution in [0.4, 0.5) is 0 Å². The zero-order chi connectivity index (χ0) is 16.6. The maximum absolute atomic E-state index is 12.9. The highest BCUT2D eigenvalue weighted by Crippen LogP contribution is 2.34. The summed E-state index contributed by atoms with van der Waals surface area (Å²) in [6.07, 6.45) is 5.34. The molecule has 1 aliphatic carbocycles. The molecule has 3 nitrogen and oxygen atoms in total. The van der Waals surface area contributed by atoms with E-state index in [0.29, 0.717) is 23.9 Å². The molecule has 1 aliphatic heterocycles. The lowest BCUT2D eigenvalue weighted by atomic mass is 9.89. The van der Waals surface area contributed by atoms with Crippen LogP contribution in [0.1, 0.15) is 38.7 Å². The number of hydrogen-bond acceptors (Lipinski definition) is 2. The predicted molar refractivity (Wildman–Crippen MR) is 93.7 cm³/mol. The number of fused-ring (bicyclic) bond motifs is 1. The first-order valence-electron chi connectivity index (χ1n) is 8.29. The Morgan fingerprint density at radius 2 is 1.74 bits per heavy atom. The summed E-state index contributed by atoms with van der Waals surface area (Å²) in [7, 11) is -3.39. The lowest BCUT2D eigenvalue weighted by Gasteiger charge is -2.17. The minimum absolute atomic E-state index is 0.373. The maximum Gasteiger partial charge on any atom is 0.243 e. The third-order valence-corrected chi connectivity index (χ3v) is 7.06. The average Bonchev–Trinajstić information content (AvgIpc) is 2.93. The number of allylic oxidation sites excluding steroid dienone is 3. The summed E-state index contributed by atoms with van der Waals surface area (Å²) in [4.78, 5) is 0.406. The zero-order valence-corrected chi connectivity index (χ0v) is 15.0. The minimum atomic E-state index is -3.39. The van der Waals surface area contributed by atoms with E-state index in [2.05, 4.69) is 19.9 Å². The average molecular weight is 331 g/mol. The summed E-state index contributed by atoms with van der Waals surface area (Å²) in [5, 5.41) is 0. The number of hydrogen-bond donors (Lipinski definition) is 0. The molecule has 1 aromatic carbocycles. The van der Waals surface area contributed by atoms with Gasteiger partial charge in [0.25, 0.3) is 0 Å². The van der Waals surface area contributed by atoms with E-state index in [0.717, 1.165) is 24.8 Å². The molecule has 0 saturated carbocycles. The molecule has 23 heavy (non-hydrogen) atoms. The number of benzene rings is 1. The van der Waals surface area contributed by atoms with Crippen LogP contribution in [0.15, 0.2) is 52.0 Å². The fraction of sp³-hybridized carbons (Fsp3) is 0.474. The molecule has 0 amide bonds. The minimum Gasteiger partial charge on any atom is -0.207 e. The largest absolute Gasteiger partial charge is 0.243 e. The first-order valence-corrected chi connectivity index (χ1v) is 9.73. The molecule has 0 N–H and O–H groups in total. The van der Waals surface area contributed by atoms with Gasteiger partial charge < -0.3 is 0 Å². The molecular weight excluding hydrogens is 306 g/mol. The zero-order valence-electron chi connectivity index (χ0n) is 14.2. The molecule has 124 valence electrons. The van der Waals surface area contributed by atoms with Gasteiger partial charge in [0, 0.05) is 13.1 Å². The standard InChI is InChI=1S/C19H25NO2S/c1-14-4-10-19(11-5-14)23(21,22)20-12-17-8-6-15(2)16(3)7-9-18(17)13-20/h4-5,8,10-11,18H,6-7,9,12-13H2,1-3H3/b16-15-,17-8-. The van der Waals surface area contributed by atoms with Gasteiger partial charge in [0.15, 0.2) is 0 Å². The Balaban J connectivity index is 1.83. The smallest absolute Gasteiger partial charge is 0.207 e. The van der Waals surface area contributed by atoms with Crippen LogP contribution in [0.3, 0.4) is 0 Å². The van der Waals surface area contributed by atoms with Crippen molar-refractivity contribution < 1.29 is 8.42 Å². The summed E-state index contributed by atoms with van der Waals surface area (Å²) in [6.45, 7) is 7.52. The summed E-state index contributed by atoms with van der Waals surface area (Å²) in [5.74, 6) is 0.373. The third kappa shape index (κ3) is 3.29. The van der Waals surface area contributed by atoms with Gasteiger partial charge in [0.05, 0.1) is 4.90 Å². The first kappa shape index (κ1) is 16.5. The van der Waals surface area contributed by atoms with E-state index in [1.54, 1.807) is 16.4 Å². The second-order valence-electron chi connectivity index (χ2n) is 6.89. The topological polar surface area (TPSA) is 37.4 Å². The molecule has 1 heterocycles. The fourth-order valence-electron chi connectivity index (χ4n) is 3.37. The van der Waals surface area contributed by atoms with Crippen LogP contribution in [0, 0.1) is 12.8 Å². The second kappa shape index (κ2) is 6.25. The monoisotopic (exact) mass is 331 g/mol. The molecule has 1 aromatic rings. The van der Waals surface area contributed by atoms with Crippen molar-refractivity contribution in [1.82, 2.24) is 4.31 Å². The van der Waals surface area contributed by atoms with Crippen LogP contribution >= 0.6 is 0 Å². The second-order valence-corrected chi connectivity index (χ2v) is 8.83. The van der Waals surface area contributed by atoms with Crippen LogP contribution < -0.4 is 0 Å². The third-order valence-electron chi connectivity index (χ3n) is 5.23. The van der Waals surface area contributed by atoms with Gasteiger partial charge in [-0.2, -0.15) is 4.31 Å². The van der Waals surface area contributed by atoms with Gasteiger partial charge in [-0.15, -0.1) is 0 Å². The van der Waals surface area contributed by atoms with E-state index in [-0.39, 0.29) is 0 Å². The summed E-state index contributed by atoms with van der Waals surface area (Å²) < 4.78 is 27.4. The Bertz CT molecular complexity index is 757. The van der Waals surface area contributed by atoms with Crippen molar-refractivity contribution in [1.29, 1.82) is 0 Å². The molecule has 1 atom stereocenters. The van der Waals surface area contributed by atoms with Crippen LogP contribution in [0.2, 0.25) is 0 Å². The van der Waals surface area contributed by atoms with Crippen LogP contribution in [0.25, 0.3) is 0 Å². The number of sulfonamides is 1.